The van der Waals surface area contributed by atoms with Gasteiger partial charge < -0.3 is 10.4 Å². The van der Waals surface area contributed by atoms with Crippen LogP contribution >= 0.6 is 23.4 Å². The Bertz CT molecular complexity index is 600. The van der Waals surface area contributed by atoms with Crippen LogP contribution < -0.4 is 5.32 Å². The fourth-order valence-electron chi connectivity index (χ4n) is 1.60. The van der Waals surface area contributed by atoms with E-state index in [-0.39, 0.29) is 22.6 Å². The van der Waals surface area contributed by atoms with Gasteiger partial charge in [0.1, 0.15) is 5.75 Å². The second-order valence-electron chi connectivity index (χ2n) is 4.58. The molecule has 1 heterocycles. The van der Waals surface area contributed by atoms with Crippen LogP contribution in [0.5, 0.6) is 5.75 Å². The number of thioether (sulfide) groups is 1. The monoisotopic (exact) mass is 311 g/mol. The maximum atomic E-state index is 11.0. The summed E-state index contributed by atoms with van der Waals surface area (Å²) < 4.78 is 0. The molecule has 0 unspecified atom stereocenters. The third-order valence-corrected chi connectivity index (χ3v) is 3.87. The van der Waals surface area contributed by atoms with Crippen molar-refractivity contribution in [1.29, 1.82) is 0 Å². The number of carbonyl (C=O) groups excluding carboxylic acids is 1. The van der Waals surface area contributed by atoms with Crippen LogP contribution in [0.25, 0.3) is 0 Å². The van der Waals surface area contributed by atoms with Gasteiger partial charge in [-0.15, -0.1) is 5.10 Å². The molecule has 1 aromatic carbocycles. The third-order valence-electron chi connectivity index (χ3n) is 2.71. The van der Waals surface area contributed by atoms with Gasteiger partial charge in [0.05, 0.1) is 17.0 Å². The highest BCUT2D eigenvalue weighted by atomic mass is 35.5. The lowest BCUT2D eigenvalue weighted by Crippen LogP contribution is -2.19. The highest BCUT2D eigenvalue weighted by molar-refractivity contribution is 8.15. The van der Waals surface area contributed by atoms with Gasteiger partial charge in [0.2, 0.25) is 5.91 Å². The minimum atomic E-state index is -0.0864. The first kappa shape index (κ1) is 14.9. The predicted octanol–water partition coefficient (Wildman–Crippen LogP) is 2.72. The molecule has 0 aromatic heterocycles. The van der Waals surface area contributed by atoms with Crippen molar-refractivity contribution in [2.75, 3.05) is 5.75 Å². The van der Waals surface area contributed by atoms with E-state index in [4.69, 9.17) is 11.6 Å². The molecule has 1 aliphatic heterocycles. The molecule has 1 amide bonds. The number of nitrogens with zero attached hydrogens (tertiary/aromatic N) is 2. The van der Waals surface area contributed by atoms with Crippen LogP contribution in [-0.4, -0.2) is 28.1 Å². The molecule has 0 radical (unpaired) electrons. The molecular formula is C13H14ClN3O2S. The first-order valence-electron chi connectivity index (χ1n) is 6.03. The quantitative estimate of drug-likeness (QED) is 0.666. The number of carbonyl (C=O) groups is 1. The topological polar surface area (TPSA) is 74.1 Å². The number of phenols is 1. The summed E-state index contributed by atoms with van der Waals surface area (Å²) in [6, 6.07) is 3.55. The number of hydrogen-bond acceptors (Lipinski definition) is 5. The maximum Gasteiger partial charge on any atom is 0.236 e. The smallest absolute Gasteiger partial charge is 0.236 e. The Balaban J connectivity index is 2.22. The number of halogens is 1. The molecule has 5 nitrogen and oxygen atoms in total. The number of benzene rings is 1. The van der Waals surface area contributed by atoms with Crippen molar-refractivity contribution >= 4 is 40.7 Å². The van der Waals surface area contributed by atoms with Gasteiger partial charge in [-0.2, -0.15) is 5.10 Å². The average Bonchev–Trinajstić information content (AvgIpc) is 2.80. The normalized spacial score (nSPS) is 17.4. The van der Waals surface area contributed by atoms with Crippen molar-refractivity contribution in [3.63, 3.8) is 0 Å². The van der Waals surface area contributed by atoms with Crippen LogP contribution in [-0.2, 0) is 4.79 Å². The molecule has 106 valence electrons. The van der Waals surface area contributed by atoms with Crippen LogP contribution in [0, 0.1) is 0 Å². The van der Waals surface area contributed by atoms with Gasteiger partial charge in [0.15, 0.2) is 5.17 Å². The molecule has 1 aromatic rings. The molecule has 1 aliphatic rings. The standard InChI is InChI=1S/C13H14ClN3O2S/c1-7(2)8-3-9(12(19)10(14)4-8)5-15-17-13-16-11(18)6-20-13/h3-5,7,19H,6H2,1-2H3,(H,16,17,18). The van der Waals surface area contributed by atoms with Gasteiger partial charge in [0.25, 0.3) is 0 Å². The zero-order valence-electron chi connectivity index (χ0n) is 11.1. The van der Waals surface area contributed by atoms with E-state index in [0.717, 1.165) is 5.56 Å². The first-order chi connectivity index (χ1) is 9.47. The molecule has 0 atom stereocenters. The van der Waals surface area contributed by atoms with E-state index in [1.54, 1.807) is 6.07 Å². The minimum Gasteiger partial charge on any atom is -0.506 e. The second kappa shape index (κ2) is 6.28. The maximum absolute atomic E-state index is 11.0. The highest BCUT2D eigenvalue weighted by Crippen LogP contribution is 2.30. The highest BCUT2D eigenvalue weighted by Gasteiger charge is 2.16. The van der Waals surface area contributed by atoms with Crippen LogP contribution in [0.2, 0.25) is 5.02 Å². The summed E-state index contributed by atoms with van der Waals surface area (Å²) in [7, 11) is 0. The Morgan fingerprint density at radius 1 is 1.50 bits per heavy atom. The van der Waals surface area contributed by atoms with E-state index in [1.807, 2.05) is 19.9 Å². The number of aromatic hydroxyl groups is 1. The van der Waals surface area contributed by atoms with Crippen molar-refractivity contribution < 1.29 is 9.90 Å². The van der Waals surface area contributed by atoms with Crippen LogP contribution in [0.15, 0.2) is 22.3 Å². The summed E-state index contributed by atoms with van der Waals surface area (Å²) in [5, 5.41) is 20.9. The van der Waals surface area contributed by atoms with Crippen LogP contribution in [0.3, 0.4) is 0 Å². The lowest BCUT2D eigenvalue weighted by molar-refractivity contribution is -0.116. The van der Waals surface area contributed by atoms with E-state index in [9.17, 15) is 9.90 Å². The second-order valence-corrected chi connectivity index (χ2v) is 5.95. The first-order valence-corrected chi connectivity index (χ1v) is 7.40. The molecule has 0 aliphatic carbocycles. The van der Waals surface area contributed by atoms with Gasteiger partial charge in [-0.05, 0) is 23.6 Å². The van der Waals surface area contributed by atoms with E-state index >= 15 is 0 Å². The van der Waals surface area contributed by atoms with Crippen molar-refractivity contribution in [2.45, 2.75) is 19.8 Å². The molecule has 0 saturated carbocycles. The third kappa shape index (κ3) is 3.52. The Hall–Kier alpha value is -1.53. The van der Waals surface area contributed by atoms with Gasteiger partial charge in [-0.25, -0.2) is 0 Å². The fourth-order valence-corrected chi connectivity index (χ4v) is 2.46. The van der Waals surface area contributed by atoms with Crippen molar-refractivity contribution in [2.24, 2.45) is 10.2 Å². The number of hydrogen-bond donors (Lipinski definition) is 2. The average molecular weight is 312 g/mol. The van der Waals surface area contributed by atoms with E-state index in [0.29, 0.717) is 16.5 Å². The number of phenolic OH excluding ortho intramolecular Hbond substituents is 1. The largest absolute Gasteiger partial charge is 0.506 e. The van der Waals surface area contributed by atoms with Crippen molar-refractivity contribution in [3.8, 4) is 5.75 Å². The molecule has 2 N–H and O–H groups in total. The van der Waals surface area contributed by atoms with Gasteiger partial charge in [0, 0.05) is 5.56 Å². The minimum absolute atomic E-state index is 0.0249. The SMILES string of the molecule is CC(C)c1cc(Cl)c(O)c(C=NN=C2NC(=O)CS2)c1. The lowest BCUT2D eigenvalue weighted by atomic mass is 10.0. The number of rotatable bonds is 3. The van der Waals surface area contributed by atoms with Crippen LogP contribution in [0.4, 0.5) is 0 Å². The number of amides is 1. The van der Waals surface area contributed by atoms with Gasteiger partial charge in [-0.3, -0.25) is 4.79 Å². The van der Waals surface area contributed by atoms with Crippen molar-refractivity contribution in [3.05, 3.63) is 28.3 Å². The predicted molar refractivity (Wildman–Crippen MR) is 82.8 cm³/mol. The van der Waals surface area contributed by atoms with Crippen molar-refractivity contribution in [1.82, 2.24) is 5.32 Å². The van der Waals surface area contributed by atoms with Gasteiger partial charge in [-0.1, -0.05) is 37.2 Å². The summed E-state index contributed by atoms with van der Waals surface area (Å²) in [5.74, 6) is 0.532. The van der Waals surface area contributed by atoms with E-state index in [2.05, 4.69) is 15.5 Å². The molecule has 20 heavy (non-hydrogen) atoms. The molecule has 1 saturated heterocycles. The fraction of sp³-hybridized carbons (Fsp3) is 0.308. The summed E-state index contributed by atoms with van der Waals surface area (Å²) >= 11 is 7.27. The zero-order valence-corrected chi connectivity index (χ0v) is 12.6. The molecular weight excluding hydrogens is 298 g/mol. The van der Waals surface area contributed by atoms with Gasteiger partial charge >= 0.3 is 0 Å². The molecule has 0 spiro atoms. The van der Waals surface area contributed by atoms with Crippen LogP contribution in [0.1, 0.15) is 30.9 Å². The Labute approximate surface area is 126 Å². The Kier molecular flexibility index (Phi) is 4.67. The summed E-state index contributed by atoms with van der Waals surface area (Å²) in [5.41, 5.74) is 1.50. The summed E-state index contributed by atoms with van der Waals surface area (Å²) in [4.78, 5) is 11.0. The molecule has 0 bridgehead atoms. The zero-order chi connectivity index (χ0) is 14.7. The van der Waals surface area contributed by atoms with E-state index < -0.39 is 0 Å². The Morgan fingerprint density at radius 2 is 2.25 bits per heavy atom. The summed E-state index contributed by atoms with van der Waals surface area (Å²) in [6.07, 6.45) is 1.42. The molecule has 7 heteroatoms. The molecule has 2 rings (SSSR count). The summed E-state index contributed by atoms with van der Waals surface area (Å²) in [6.45, 7) is 4.07. The molecule has 1 fully saturated rings. The van der Waals surface area contributed by atoms with E-state index in [1.165, 1.54) is 18.0 Å². The Morgan fingerprint density at radius 3 is 2.85 bits per heavy atom. The lowest BCUT2D eigenvalue weighted by Gasteiger charge is -2.09. The number of amidine groups is 1. The number of nitrogens with one attached hydrogen (secondary N) is 1.